The highest BCUT2D eigenvalue weighted by atomic mass is 35.5. The molecule has 0 bridgehead atoms. The molecule has 0 spiro atoms. The van der Waals surface area contributed by atoms with Crippen molar-refractivity contribution in [3.63, 3.8) is 0 Å². The van der Waals surface area contributed by atoms with Crippen molar-refractivity contribution in [3.8, 4) is 0 Å². The third-order valence-corrected chi connectivity index (χ3v) is 4.41. The molecule has 0 amide bonds. The summed E-state index contributed by atoms with van der Waals surface area (Å²) >= 11 is 5.92. The maximum absolute atomic E-state index is 6.10. The van der Waals surface area contributed by atoms with E-state index in [9.17, 15) is 0 Å². The minimum Gasteiger partial charge on any atom is -0.370 e. The Morgan fingerprint density at radius 2 is 1.80 bits per heavy atom. The summed E-state index contributed by atoms with van der Waals surface area (Å²) in [6.45, 7) is 6.02. The maximum atomic E-state index is 6.10. The Hall–Kier alpha value is -1.42. The smallest absolute Gasteiger partial charge is 0.191 e. The van der Waals surface area contributed by atoms with E-state index in [0.29, 0.717) is 12.0 Å². The lowest BCUT2D eigenvalue weighted by molar-refractivity contribution is 0.380. The van der Waals surface area contributed by atoms with Crippen molar-refractivity contribution in [1.82, 2.24) is 4.90 Å². The number of halogens is 1. The van der Waals surface area contributed by atoms with Gasteiger partial charge in [0, 0.05) is 36.9 Å². The lowest BCUT2D eigenvalue weighted by Crippen LogP contribution is -2.51. The fourth-order valence-electron chi connectivity index (χ4n) is 2.58. The minimum absolute atomic E-state index is 0.462. The molecule has 2 aliphatic rings. The van der Waals surface area contributed by atoms with Gasteiger partial charge in [-0.1, -0.05) is 18.5 Å². The molecule has 4 nitrogen and oxygen atoms in total. The van der Waals surface area contributed by atoms with Gasteiger partial charge in [0.1, 0.15) is 0 Å². The van der Waals surface area contributed by atoms with Crippen LogP contribution in [-0.2, 0) is 0 Å². The third kappa shape index (κ3) is 3.01. The van der Waals surface area contributed by atoms with Gasteiger partial charge in [-0.25, -0.2) is 4.99 Å². The summed E-state index contributed by atoms with van der Waals surface area (Å²) in [5, 5.41) is 0.780. The highest BCUT2D eigenvalue weighted by Crippen LogP contribution is 2.32. The number of rotatable bonds is 2. The molecule has 1 heterocycles. The van der Waals surface area contributed by atoms with E-state index in [1.165, 1.54) is 12.1 Å². The van der Waals surface area contributed by atoms with E-state index in [0.717, 1.165) is 37.2 Å². The van der Waals surface area contributed by atoms with Gasteiger partial charge in [-0.15, -0.1) is 0 Å². The van der Waals surface area contributed by atoms with E-state index in [1.807, 2.05) is 12.1 Å². The first-order chi connectivity index (χ1) is 9.63. The molecule has 3 rings (SSSR count). The van der Waals surface area contributed by atoms with Crippen molar-refractivity contribution in [2.45, 2.75) is 19.4 Å². The summed E-state index contributed by atoms with van der Waals surface area (Å²) in [5.74, 6) is 1.43. The topological polar surface area (TPSA) is 44.9 Å². The number of nitrogens with zero attached hydrogens (tertiary/aromatic N) is 3. The number of nitrogens with two attached hydrogens (primary N) is 1. The lowest BCUT2D eigenvalue weighted by Gasteiger charge is -2.36. The van der Waals surface area contributed by atoms with Crippen LogP contribution in [0.25, 0.3) is 0 Å². The van der Waals surface area contributed by atoms with Gasteiger partial charge in [-0.05, 0) is 36.6 Å². The molecule has 1 saturated heterocycles. The number of anilines is 1. The van der Waals surface area contributed by atoms with Crippen LogP contribution in [0.1, 0.15) is 13.3 Å². The van der Waals surface area contributed by atoms with Gasteiger partial charge >= 0.3 is 0 Å². The van der Waals surface area contributed by atoms with Crippen LogP contribution in [-0.4, -0.2) is 43.1 Å². The van der Waals surface area contributed by atoms with Crippen molar-refractivity contribution in [3.05, 3.63) is 29.3 Å². The van der Waals surface area contributed by atoms with Gasteiger partial charge in [0.2, 0.25) is 0 Å². The molecule has 1 aliphatic carbocycles. The number of piperazine rings is 1. The van der Waals surface area contributed by atoms with Crippen LogP contribution >= 0.6 is 11.6 Å². The fourth-order valence-corrected chi connectivity index (χ4v) is 2.71. The zero-order valence-electron chi connectivity index (χ0n) is 11.8. The Balaban J connectivity index is 1.56. The van der Waals surface area contributed by atoms with Crippen LogP contribution < -0.4 is 10.6 Å². The molecule has 1 aromatic rings. The SMILES string of the molecule is CC1CC1N=C(N)N1CCN(c2ccc(Cl)cc2)CC1. The summed E-state index contributed by atoms with van der Waals surface area (Å²) in [6.07, 6.45) is 1.19. The second kappa shape index (κ2) is 5.52. The van der Waals surface area contributed by atoms with E-state index >= 15 is 0 Å². The van der Waals surface area contributed by atoms with Crippen LogP contribution in [0.5, 0.6) is 0 Å². The molecule has 0 radical (unpaired) electrons. The standard InChI is InChI=1S/C15H21ClN4/c1-11-10-14(11)18-15(17)20-8-6-19(7-9-20)13-4-2-12(16)3-5-13/h2-5,11,14H,6-10H2,1H3,(H2,17,18). The summed E-state index contributed by atoms with van der Waals surface area (Å²) < 4.78 is 0. The van der Waals surface area contributed by atoms with Crippen molar-refractivity contribution >= 4 is 23.2 Å². The van der Waals surface area contributed by atoms with Gasteiger partial charge in [0.25, 0.3) is 0 Å². The second-order valence-corrected chi connectivity index (χ2v) is 6.15. The van der Waals surface area contributed by atoms with Gasteiger partial charge in [0.15, 0.2) is 5.96 Å². The average molecular weight is 293 g/mol. The van der Waals surface area contributed by atoms with Crippen LogP contribution in [0.2, 0.25) is 5.02 Å². The lowest BCUT2D eigenvalue weighted by atomic mass is 10.2. The van der Waals surface area contributed by atoms with Crippen molar-refractivity contribution in [2.24, 2.45) is 16.6 Å². The first-order valence-corrected chi connectivity index (χ1v) is 7.60. The number of benzene rings is 1. The molecule has 2 atom stereocenters. The second-order valence-electron chi connectivity index (χ2n) is 5.72. The quantitative estimate of drug-likeness (QED) is 0.671. The van der Waals surface area contributed by atoms with Crippen molar-refractivity contribution in [2.75, 3.05) is 31.1 Å². The predicted octanol–water partition coefficient (Wildman–Crippen LogP) is 2.19. The number of aliphatic imine (C=N–C) groups is 1. The predicted molar refractivity (Wildman–Crippen MR) is 84.4 cm³/mol. The molecule has 2 fully saturated rings. The van der Waals surface area contributed by atoms with E-state index in [2.05, 4.69) is 33.8 Å². The normalized spacial score (nSPS) is 26.8. The Morgan fingerprint density at radius 1 is 1.20 bits per heavy atom. The third-order valence-electron chi connectivity index (χ3n) is 4.16. The number of guanidine groups is 1. The molecule has 108 valence electrons. The molecule has 20 heavy (non-hydrogen) atoms. The molecule has 0 aromatic heterocycles. The zero-order chi connectivity index (χ0) is 14.1. The van der Waals surface area contributed by atoms with Crippen LogP contribution in [0.4, 0.5) is 5.69 Å². The van der Waals surface area contributed by atoms with Crippen LogP contribution in [0.15, 0.2) is 29.3 Å². The highest BCUT2D eigenvalue weighted by molar-refractivity contribution is 6.30. The first-order valence-electron chi connectivity index (χ1n) is 7.22. The van der Waals surface area contributed by atoms with E-state index < -0.39 is 0 Å². The Labute approximate surface area is 125 Å². The molecule has 2 unspecified atom stereocenters. The van der Waals surface area contributed by atoms with Gasteiger partial charge < -0.3 is 15.5 Å². The van der Waals surface area contributed by atoms with E-state index in [1.54, 1.807) is 0 Å². The van der Waals surface area contributed by atoms with Gasteiger partial charge in [-0.3, -0.25) is 0 Å². The molecule has 2 N–H and O–H groups in total. The summed E-state index contributed by atoms with van der Waals surface area (Å²) in [6, 6.07) is 8.48. The van der Waals surface area contributed by atoms with Crippen molar-refractivity contribution in [1.29, 1.82) is 0 Å². The van der Waals surface area contributed by atoms with Crippen molar-refractivity contribution < 1.29 is 0 Å². The first kappa shape index (κ1) is 13.6. The maximum Gasteiger partial charge on any atom is 0.191 e. The molecular weight excluding hydrogens is 272 g/mol. The van der Waals surface area contributed by atoms with Crippen LogP contribution in [0, 0.1) is 5.92 Å². The molecule has 1 saturated carbocycles. The minimum atomic E-state index is 0.462. The zero-order valence-corrected chi connectivity index (χ0v) is 12.6. The Kier molecular flexibility index (Phi) is 3.74. The van der Waals surface area contributed by atoms with Gasteiger partial charge in [-0.2, -0.15) is 0 Å². The average Bonchev–Trinajstić information content (AvgIpc) is 3.15. The number of hydrogen-bond donors (Lipinski definition) is 1. The fraction of sp³-hybridized carbons (Fsp3) is 0.533. The summed E-state index contributed by atoms with van der Waals surface area (Å²) in [4.78, 5) is 9.14. The van der Waals surface area contributed by atoms with Crippen LogP contribution in [0.3, 0.4) is 0 Å². The Bertz CT molecular complexity index is 491. The molecule has 1 aliphatic heterocycles. The van der Waals surface area contributed by atoms with E-state index in [4.69, 9.17) is 17.3 Å². The largest absolute Gasteiger partial charge is 0.370 e. The molecule has 5 heteroatoms. The number of hydrogen-bond acceptors (Lipinski definition) is 2. The molecular formula is C15H21ClN4. The highest BCUT2D eigenvalue weighted by Gasteiger charge is 2.33. The van der Waals surface area contributed by atoms with E-state index in [-0.39, 0.29) is 0 Å². The molecule has 1 aromatic carbocycles. The Morgan fingerprint density at radius 3 is 2.35 bits per heavy atom. The summed E-state index contributed by atoms with van der Waals surface area (Å²) in [5.41, 5.74) is 7.32. The monoisotopic (exact) mass is 292 g/mol. The summed E-state index contributed by atoms with van der Waals surface area (Å²) in [7, 11) is 0. The van der Waals surface area contributed by atoms with Gasteiger partial charge in [0.05, 0.1) is 6.04 Å².